The number of benzene rings is 1. The van der Waals surface area contributed by atoms with E-state index in [0.717, 1.165) is 16.7 Å². The average Bonchev–Trinajstić information content (AvgIpc) is 3.16. The SMILES string of the molecule is COc1ncc(-n2c(SCc3c(C)cc(F)cc3C)nn3nccc3c2=O)cc1F. The van der Waals surface area contributed by atoms with E-state index in [4.69, 9.17) is 4.74 Å². The highest BCUT2D eigenvalue weighted by Gasteiger charge is 2.17. The minimum absolute atomic E-state index is 0.169. The quantitative estimate of drug-likeness (QED) is 0.453. The minimum atomic E-state index is -0.698. The molecule has 0 aliphatic carbocycles. The van der Waals surface area contributed by atoms with E-state index in [1.165, 1.54) is 64.7 Å². The van der Waals surface area contributed by atoms with E-state index in [9.17, 15) is 13.6 Å². The zero-order chi connectivity index (χ0) is 21.4. The third kappa shape index (κ3) is 3.54. The molecule has 0 fully saturated rings. The predicted octanol–water partition coefficient (Wildman–Crippen LogP) is 3.47. The van der Waals surface area contributed by atoms with Gasteiger partial charge in [-0.15, -0.1) is 9.73 Å². The number of aromatic nitrogens is 5. The smallest absolute Gasteiger partial charge is 0.285 e. The number of hydrogen-bond acceptors (Lipinski definition) is 6. The molecule has 3 aromatic heterocycles. The third-order valence-corrected chi connectivity index (χ3v) is 5.62. The molecule has 0 amide bonds. The van der Waals surface area contributed by atoms with Crippen LogP contribution in [0.4, 0.5) is 8.78 Å². The first-order valence-corrected chi connectivity index (χ1v) is 9.93. The van der Waals surface area contributed by atoms with Gasteiger partial charge >= 0.3 is 0 Å². The Bertz CT molecular complexity index is 1300. The lowest BCUT2D eigenvalue weighted by atomic mass is 10.0. The van der Waals surface area contributed by atoms with Crippen LogP contribution in [0.15, 0.2) is 46.6 Å². The van der Waals surface area contributed by atoms with E-state index in [1.54, 1.807) is 0 Å². The molecule has 0 spiro atoms. The number of nitrogens with zero attached hydrogens (tertiary/aromatic N) is 5. The Kier molecular flexibility index (Phi) is 5.25. The van der Waals surface area contributed by atoms with Gasteiger partial charge in [-0.3, -0.25) is 9.36 Å². The highest BCUT2D eigenvalue weighted by molar-refractivity contribution is 7.98. The van der Waals surface area contributed by atoms with Gasteiger partial charge in [0, 0.05) is 11.8 Å². The highest BCUT2D eigenvalue weighted by Crippen LogP contribution is 2.27. The van der Waals surface area contributed by atoms with E-state index >= 15 is 0 Å². The monoisotopic (exact) mass is 429 g/mol. The molecule has 10 heteroatoms. The average molecular weight is 429 g/mol. The lowest BCUT2D eigenvalue weighted by Crippen LogP contribution is -2.24. The molecule has 0 radical (unpaired) electrons. The van der Waals surface area contributed by atoms with Gasteiger partial charge in [-0.2, -0.15) is 5.10 Å². The lowest BCUT2D eigenvalue weighted by molar-refractivity contribution is 0.368. The molecule has 0 aliphatic rings. The summed E-state index contributed by atoms with van der Waals surface area (Å²) in [5, 5.41) is 8.75. The van der Waals surface area contributed by atoms with Crippen LogP contribution in [-0.2, 0) is 5.75 Å². The van der Waals surface area contributed by atoms with Crippen molar-refractivity contribution in [1.82, 2.24) is 24.4 Å². The number of aryl methyl sites for hydroxylation is 2. The molecule has 0 saturated heterocycles. The molecule has 0 atom stereocenters. The van der Waals surface area contributed by atoms with E-state index in [0.29, 0.717) is 10.9 Å². The van der Waals surface area contributed by atoms with Gasteiger partial charge in [0.1, 0.15) is 5.82 Å². The van der Waals surface area contributed by atoms with Gasteiger partial charge < -0.3 is 4.74 Å². The van der Waals surface area contributed by atoms with Crippen molar-refractivity contribution in [1.29, 1.82) is 0 Å². The van der Waals surface area contributed by atoms with Crippen LogP contribution in [0.1, 0.15) is 16.7 Å². The molecule has 7 nitrogen and oxygen atoms in total. The van der Waals surface area contributed by atoms with Crippen LogP contribution in [-0.4, -0.2) is 31.5 Å². The summed E-state index contributed by atoms with van der Waals surface area (Å²) < 4.78 is 35.3. The summed E-state index contributed by atoms with van der Waals surface area (Å²) in [6.07, 6.45) is 2.81. The predicted molar refractivity (Wildman–Crippen MR) is 108 cm³/mol. The highest BCUT2D eigenvalue weighted by atomic mass is 32.2. The largest absolute Gasteiger partial charge is 0.479 e. The second kappa shape index (κ2) is 7.86. The maximum atomic E-state index is 14.3. The van der Waals surface area contributed by atoms with Crippen LogP contribution >= 0.6 is 11.8 Å². The molecule has 0 unspecified atom stereocenters. The maximum Gasteiger partial charge on any atom is 0.285 e. The Balaban J connectivity index is 1.82. The van der Waals surface area contributed by atoms with Gasteiger partial charge in [0.25, 0.3) is 5.56 Å². The van der Waals surface area contributed by atoms with Crippen LogP contribution in [0.2, 0.25) is 0 Å². The second-order valence-electron chi connectivity index (χ2n) is 6.62. The van der Waals surface area contributed by atoms with Gasteiger partial charge in [-0.1, -0.05) is 11.8 Å². The summed E-state index contributed by atoms with van der Waals surface area (Å²) in [4.78, 5) is 17.0. The number of methoxy groups -OCH3 is 1. The molecular formula is C20H17F2N5O2S. The molecule has 1 aromatic carbocycles. The van der Waals surface area contributed by atoms with Crippen LogP contribution in [0.25, 0.3) is 11.2 Å². The summed E-state index contributed by atoms with van der Waals surface area (Å²) in [6, 6.07) is 5.62. The summed E-state index contributed by atoms with van der Waals surface area (Å²) in [6.45, 7) is 3.65. The Labute approximate surface area is 174 Å². The number of pyridine rings is 1. The van der Waals surface area contributed by atoms with E-state index < -0.39 is 11.4 Å². The fourth-order valence-electron chi connectivity index (χ4n) is 3.17. The first kappa shape index (κ1) is 20.0. The normalized spacial score (nSPS) is 11.2. The van der Waals surface area contributed by atoms with Crippen molar-refractivity contribution in [3.63, 3.8) is 0 Å². The van der Waals surface area contributed by atoms with Crippen molar-refractivity contribution in [3.05, 3.63) is 75.3 Å². The molecule has 0 saturated carbocycles. The molecule has 4 rings (SSSR count). The Morgan fingerprint density at radius 2 is 1.90 bits per heavy atom. The third-order valence-electron chi connectivity index (χ3n) is 4.67. The lowest BCUT2D eigenvalue weighted by Gasteiger charge is -2.14. The van der Waals surface area contributed by atoms with Crippen LogP contribution in [0, 0.1) is 25.5 Å². The van der Waals surface area contributed by atoms with E-state index in [1.807, 2.05) is 13.8 Å². The van der Waals surface area contributed by atoms with E-state index in [2.05, 4.69) is 15.2 Å². The number of thioether (sulfide) groups is 1. The van der Waals surface area contributed by atoms with Crippen molar-refractivity contribution in [2.45, 2.75) is 24.8 Å². The number of rotatable bonds is 5. The number of ether oxygens (including phenoxy) is 1. The number of halogens is 2. The van der Waals surface area contributed by atoms with Crippen molar-refractivity contribution in [2.75, 3.05) is 7.11 Å². The van der Waals surface area contributed by atoms with Crippen molar-refractivity contribution < 1.29 is 13.5 Å². The van der Waals surface area contributed by atoms with Gasteiger partial charge in [-0.05, 0) is 48.7 Å². The number of hydrogen-bond donors (Lipinski definition) is 0. The van der Waals surface area contributed by atoms with Gasteiger partial charge in [0.15, 0.2) is 16.5 Å². The number of fused-ring (bicyclic) bond motifs is 1. The first-order chi connectivity index (χ1) is 14.4. The maximum absolute atomic E-state index is 14.3. The van der Waals surface area contributed by atoms with Gasteiger partial charge in [0.05, 0.1) is 25.2 Å². The molecular weight excluding hydrogens is 412 g/mol. The summed E-state index contributed by atoms with van der Waals surface area (Å²) in [5.41, 5.74) is 2.57. The molecule has 0 bridgehead atoms. The summed E-state index contributed by atoms with van der Waals surface area (Å²) >= 11 is 1.26. The molecule has 154 valence electrons. The van der Waals surface area contributed by atoms with Gasteiger partial charge in [-0.25, -0.2) is 13.8 Å². The second-order valence-corrected chi connectivity index (χ2v) is 7.56. The molecule has 30 heavy (non-hydrogen) atoms. The fraction of sp³-hybridized carbons (Fsp3) is 0.200. The topological polar surface area (TPSA) is 74.3 Å². The fourth-order valence-corrected chi connectivity index (χ4v) is 4.35. The summed E-state index contributed by atoms with van der Waals surface area (Å²) in [7, 11) is 1.31. The van der Waals surface area contributed by atoms with Crippen LogP contribution in [0.5, 0.6) is 5.88 Å². The minimum Gasteiger partial charge on any atom is -0.479 e. The van der Waals surface area contributed by atoms with Crippen LogP contribution in [0.3, 0.4) is 0 Å². The van der Waals surface area contributed by atoms with Crippen LogP contribution < -0.4 is 10.3 Å². The van der Waals surface area contributed by atoms with E-state index in [-0.39, 0.29) is 22.9 Å². The first-order valence-electron chi connectivity index (χ1n) is 8.94. The Hall–Kier alpha value is -3.27. The molecule has 0 aliphatic heterocycles. The van der Waals surface area contributed by atoms with Crippen molar-refractivity contribution >= 4 is 17.3 Å². The molecule has 4 aromatic rings. The zero-order valence-corrected chi connectivity index (χ0v) is 17.2. The Morgan fingerprint density at radius 3 is 2.57 bits per heavy atom. The standard InChI is InChI=1S/C20H17F2N5O2S/c1-11-6-13(21)7-12(2)15(11)10-30-20-25-27-17(4-5-24-27)19(28)26(20)14-8-16(22)18(29-3)23-9-14/h4-9H,10H2,1-3H3. The summed E-state index contributed by atoms with van der Waals surface area (Å²) in [5.74, 6) is -0.733. The molecule has 3 heterocycles. The van der Waals surface area contributed by atoms with Gasteiger partial charge in [0.2, 0.25) is 5.88 Å². The molecule has 0 N–H and O–H groups in total. The zero-order valence-electron chi connectivity index (χ0n) is 16.4. The Morgan fingerprint density at radius 1 is 1.17 bits per heavy atom. The van der Waals surface area contributed by atoms with Crippen molar-refractivity contribution in [3.8, 4) is 11.6 Å². The van der Waals surface area contributed by atoms with Crippen molar-refractivity contribution in [2.24, 2.45) is 0 Å².